The quantitative estimate of drug-likeness (QED) is 0.865. The number of rotatable bonds is 4. The second-order valence-corrected chi connectivity index (χ2v) is 6.79. The molecule has 18 heavy (non-hydrogen) atoms. The van der Waals surface area contributed by atoms with E-state index in [1.165, 1.54) is 0 Å². The van der Waals surface area contributed by atoms with Gasteiger partial charge in [-0.1, -0.05) is 19.9 Å². The normalized spacial score (nSPS) is 13.3. The lowest BCUT2D eigenvalue weighted by molar-refractivity contribution is 0.0696. The van der Waals surface area contributed by atoms with Crippen LogP contribution in [-0.4, -0.2) is 19.5 Å². The van der Waals surface area contributed by atoms with Crippen molar-refractivity contribution in [2.45, 2.75) is 38.0 Å². The highest BCUT2D eigenvalue weighted by molar-refractivity contribution is 8.13. The maximum Gasteiger partial charge on any atom is 0.335 e. The fraction of sp³-hybridized carbons (Fsp3) is 0.417. The highest BCUT2D eigenvalue weighted by Crippen LogP contribution is 2.31. The molecule has 0 saturated heterocycles. The van der Waals surface area contributed by atoms with E-state index in [0.29, 0.717) is 11.1 Å². The number of benzene rings is 1. The molecule has 1 unspecified atom stereocenters. The Morgan fingerprint density at radius 1 is 1.44 bits per heavy atom. The van der Waals surface area contributed by atoms with E-state index < -0.39 is 15.0 Å². The van der Waals surface area contributed by atoms with Crippen LogP contribution >= 0.6 is 10.7 Å². The molecule has 0 spiro atoms. The first-order valence-corrected chi connectivity index (χ1v) is 7.81. The van der Waals surface area contributed by atoms with Gasteiger partial charge in [0.1, 0.15) is 0 Å². The van der Waals surface area contributed by atoms with Crippen LogP contribution in [0.25, 0.3) is 0 Å². The van der Waals surface area contributed by atoms with Gasteiger partial charge < -0.3 is 5.11 Å². The third-order valence-electron chi connectivity index (χ3n) is 2.99. The molecule has 0 fully saturated rings. The van der Waals surface area contributed by atoms with Gasteiger partial charge in [-0.25, -0.2) is 13.2 Å². The molecular formula is C12H15ClO4S. The van der Waals surface area contributed by atoms with E-state index in [0.717, 1.165) is 12.5 Å². The zero-order valence-corrected chi connectivity index (χ0v) is 12.0. The molecule has 0 amide bonds. The molecule has 0 aromatic heterocycles. The van der Waals surface area contributed by atoms with E-state index >= 15 is 0 Å². The molecule has 1 aromatic carbocycles. The average Bonchev–Trinajstić information content (AvgIpc) is 2.25. The van der Waals surface area contributed by atoms with Gasteiger partial charge in [0.2, 0.25) is 0 Å². The number of aryl methyl sites for hydroxylation is 1. The molecule has 0 radical (unpaired) electrons. The van der Waals surface area contributed by atoms with Crippen molar-refractivity contribution in [1.82, 2.24) is 0 Å². The molecule has 0 heterocycles. The highest BCUT2D eigenvalue weighted by Gasteiger charge is 2.22. The maximum absolute atomic E-state index is 11.5. The summed E-state index contributed by atoms with van der Waals surface area (Å²) in [4.78, 5) is 10.9. The average molecular weight is 291 g/mol. The van der Waals surface area contributed by atoms with Gasteiger partial charge in [0, 0.05) is 10.7 Å². The molecule has 1 rings (SSSR count). The van der Waals surface area contributed by atoms with Crippen molar-refractivity contribution in [3.05, 3.63) is 28.8 Å². The lowest BCUT2D eigenvalue weighted by atomic mass is 9.95. The summed E-state index contributed by atoms with van der Waals surface area (Å²) >= 11 is 0. The molecule has 1 aromatic rings. The first-order valence-electron chi connectivity index (χ1n) is 5.51. The van der Waals surface area contributed by atoms with E-state index in [1.807, 2.05) is 13.8 Å². The first kappa shape index (κ1) is 15.0. The third kappa shape index (κ3) is 3.03. The summed E-state index contributed by atoms with van der Waals surface area (Å²) in [5.41, 5.74) is 1.05. The zero-order valence-electron chi connectivity index (χ0n) is 10.4. The smallest absolute Gasteiger partial charge is 0.335 e. The van der Waals surface area contributed by atoms with Gasteiger partial charge in [0.25, 0.3) is 9.05 Å². The van der Waals surface area contributed by atoms with Gasteiger partial charge in [-0.2, -0.15) is 0 Å². The molecule has 1 atom stereocenters. The minimum Gasteiger partial charge on any atom is -0.478 e. The second-order valence-electron chi connectivity index (χ2n) is 4.26. The van der Waals surface area contributed by atoms with Crippen LogP contribution in [0.4, 0.5) is 0 Å². The van der Waals surface area contributed by atoms with Gasteiger partial charge in [-0.05, 0) is 36.5 Å². The maximum atomic E-state index is 11.5. The van der Waals surface area contributed by atoms with Crippen LogP contribution in [0.3, 0.4) is 0 Å². The van der Waals surface area contributed by atoms with Crippen LogP contribution in [0.15, 0.2) is 17.0 Å². The summed E-state index contributed by atoms with van der Waals surface area (Å²) in [6, 6.07) is 2.73. The van der Waals surface area contributed by atoms with Crippen molar-refractivity contribution in [2.24, 2.45) is 0 Å². The van der Waals surface area contributed by atoms with Crippen LogP contribution in [0.5, 0.6) is 0 Å². The van der Waals surface area contributed by atoms with Gasteiger partial charge in [-0.3, -0.25) is 0 Å². The number of halogens is 1. The summed E-state index contributed by atoms with van der Waals surface area (Å²) in [6.07, 6.45) is 0.741. The Hall–Kier alpha value is -1.07. The van der Waals surface area contributed by atoms with E-state index in [1.54, 1.807) is 13.0 Å². The predicted octanol–water partition coefficient (Wildman–Crippen LogP) is 3.13. The molecule has 6 heteroatoms. The fourth-order valence-electron chi connectivity index (χ4n) is 1.76. The van der Waals surface area contributed by atoms with Crippen LogP contribution in [0.2, 0.25) is 0 Å². The summed E-state index contributed by atoms with van der Waals surface area (Å²) in [7, 11) is 1.42. The molecule has 0 aliphatic heterocycles. The molecule has 4 nitrogen and oxygen atoms in total. The fourth-order valence-corrected chi connectivity index (χ4v) is 2.96. The first-order chi connectivity index (χ1) is 8.18. The minimum atomic E-state index is -3.95. The topological polar surface area (TPSA) is 71.4 Å². The molecule has 0 bridgehead atoms. The van der Waals surface area contributed by atoms with Gasteiger partial charge in [0.15, 0.2) is 0 Å². The molecule has 0 aliphatic carbocycles. The van der Waals surface area contributed by atoms with Gasteiger partial charge in [0.05, 0.1) is 10.5 Å². The van der Waals surface area contributed by atoms with Crippen molar-refractivity contribution in [3.63, 3.8) is 0 Å². The number of carbonyl (C=O) groups is 1. The van der Waals surface area contributed by atoms with E-state index in [-0.39, 0.29) is 16.4 Å². The summed E-state index contributed by atoms with van der Waals surface area (Å²) in [5.74, 6) is -1.17. The standard InChI is InChI=1S/C12H15ClO4S/c1-4-7(2)9-5-8(3)10(12(14)15)6-11(9)18(13,16)17/h5-7H,4H2,1-3H3,(H,14,15). The highest BCUT2D eigenvalue weighted by atomic mass is 35.7. The monoisotopic (exact) mass is 290 g/mol. The number of hydrogen-bond donors (Lipinski definition) is 1. The molecule has 100 valence electrons. The Balaban J connectivity index is 3.63. The van der Waals surface area contributed by atoms with Crippen LogP contribution in [0.1, 0.15) is 47.7 Å². The van der Waals surface area contributed by atoms with Crippen LogP contribution in [0, 0.1) is 6.92 Å². The summed E-state index contributed by atoms with van der Waals surface area (Å²) in [6.45, 7) is 5.44. The number of carboxylic acid groups (broad SMARTS) is 1. The van der Waals surface area contributed by atoms with Crippen molar-refractivity contribution >= 4 is 25.7 Å². The zero-order chi connectivity index (χ0) is 14.1. The number of aromatic carboxylic acids is 1. The Morgan fingerprint density at radius 2 is 2.00 bits per heavy atom. The van der Waals surface area contributed by atoms with Crippen molar-refractivity contribution in [2.75, 3.05) is 0 Å². The summed E-state index contributed by atoms with van der Waals surface area (Å²) in [5, 5.41) is 9.00. The number of carboxylic acids is 1. The largest absolute Gasteiger partial charge is 0.478 e. The lowest BCUT2D eigenvalue weighted by Crippen LogP contribution is -2.08. The van der Waals surface area contributed by atoms with Crippen LogP contribution < -0.4 is 0 Å². The van der Waals surface area contributed by atoms with Crippen molar-refractivity contribution in [3.8, 4) is 0 Å². The second kappa shape index (κ2) is 5.28. The Kier molecular flexibility index (Phi) is 4.40. The predicted molar refractivity (Wildman–Crippen MR) is 69.9 cm³/mol. The Bertz CT molecular complexity index is 578. The molecule has 1 N–H and O–H groups in total. The summed E-state index contributed by atoms with van der Waals surface area (Å²) < 4.78 is 23.1. The van der Waals surface area contributed by atoms with Crippen LogP contribution in [-0.2, 0) is 9.05 Å². The van der Waals surface area contributed by atoms with Gasteiger partial charge >= 0.3 is 5.97 Å². The van der Waals surface area contributed by atoms with Gasteiger partial charge in [-0.15, -0.1) is 0 Å². The Labute approximate surface area is 111 Å². The van der Waals surface area contributed by atoms with E-state index in [2.05, 4.69) is 0 Å². The van der Waals surface area contributed by atoms with E-state index in [4.69, 9.17) is 15.8 Å². The minimum absolute atomic E-state index is 0.00456. The number of hydrogen-bond acceptors (Lipinski definition) is 3. The third-order valence-corrected chi connectivity index (χ3v) is 4.37. The van der Waals surface area contributed by atoms with E-state index in [9.17, 15) is 13.2 Å². The van der Waals surface area contributed by atoms with Crippen molar-refractivity contribution in [1.29, 1.82) is 0 Å². The molecule has 0 saturated carbocycles. The lowest BCUT2D eigenvalue weighted by Gasteiger charge is -2.15. The SMILES string of the molecule is CCC(C)c1cc(C)c(C(=O)O)cc1S(=O)(=O)Cl. The Morgan fingerprint density at radius 3 is 2.39 bits per heavy atom. The molecule has 0 aliphatic rings. The molecular weight excluding hydrogens is 276 g/mol. The van der Waals surface area contributed by atoms with Crippen molar-refractivity contribution < 1.29 is 18.3 Å².